The van der Waals surface area contributed by atoms with Crippen LogP contribution in [-0.2, 0) is 20.0 Å². The Morgan fingerprint density at radius 2 is 1.68 bits per heavy atom. The molecule has 0 aromatic heterocycles. The third kappa shape index (κ3) is 5.00. The lowest BCUT2D eigenvalue weighted by atomic mass is 10.2. The molecule has 2 rings (SSSR count). The third-order valence-electron chi connectivity index (χ3n) is 3.89. The molecule has 1 aromatic rings. The van der Waals surface area contributed by atoms with E-state index >= 15 is 0 Å². The zero-order valence-corrected chi connectivity index (χ0v) is 16.1. The summed E-state index contributed by atoms with van der Waals surface area (Å²) in [6.45, 7) is 0.419. The van der Waals surface area contributed by atoms with E-state index in [2.05, 4.69) is 5.32 Å². The summed E-state index contributed by atoms with van der Waals surface area (Å²) in [5.41, 5.74) is 0.315. The molecule has 25 heavy (non-hydrogen) atoms. The van der Waals surface area contributed by atoms with Gasteiger partial charge in [0.15, 0.2) is 0 Å². The predicted molar refractivity (Wildman–Crippen MR) is 94.2 cm³/mol. The highest BCUT2D eigenvalue weighted by atomic mass is 32.2. The zero-order valence-electron chi connectivity index (χ0n) is 14.5. The van der Waals surface area contributed by atoms with E-state index in [-0.39, 0.29) is 29.9 Å². The van der Waals surface area contributed by atoms with E-state index in [0.717, 1.165) is 23.4 Å². The van der Waals surface area contributed by atoms with Gasteiger partial charge < -0.3 is 5.32 Å². The average Bonchev–Trinajstić information content (AvgIpc) is 3.34. The third-order valence-corrected chi connectivity index (χ3v) is 7.05. The van der Waals surface area contributed by atoms with Crippen LogP contribution in [0.25, 0.3) is 0 Å². The van der Waals surface area contributed by atoms with E-state index in [1.54, 1.807) is 0 Å². The molecule has 1 N–H and O–H groups in total. The van der Waals surface area contributed by atoms with E-state index in [1.165, 1.54) is 42.7 Å². The Morgan fingerprint density at radius 3 is 2.12 bits per heavy atom. The lowest BCUT2D eigenvalue weighted by Gasteiger charge is -2.19. The SMILES string of the molecule is CN(C)S(=O)(=O)c1ccc(C(=O)NCCN(C2CC2)S(C)(=O)=O)cc1. The Balaban J connectivity index is 1.95. The first-order chi connectivity index (χ1) is 11.5. The lowest BCUT2D eigenvalue weighted by molar-refractivity contribution is 0.0951. The van der Waals surface area contributed by atoms with Gasteiger partial charge in [0.2, 0.25) is 20.0 Å². The van der Waals surface area contributed by atoms with Gasteiger partial charge in [0.05, 0.1) is 11.2 Å². The summed E-state index contributed by atoms with van der Waals surface area (Å²) in [5, 5.41) is 2.66. The second-order valence-electron chi connectivity index (χ2n) is 6.17. The van der Waals surface area contributed by atoms with E-state index in [4.69, 9.17) is 0 Å². The van der Waals surface area contributed by atoms with Crippen molar-refractivity contribution in [3.05, 3.63) is 29.8 Å². The van der Waals surface area contributed by atoms with Gasteiger partial charge >= 0.3 is 0 Å². The lowest BCUT2D eigenvalue weighted by Crippen LogP contribution is -2.39. The van der Waals surface area contributed by atoms with Crippen molar-refractivity contribution in [1.82, 2.24) is 13.9 Å². The van der Waals surface area contributed by atoms with Crippen LogP contribution in [-0.4, -0.2) is 70.8 Å². The van der Waals surface area contributed by atoms with Gasteiger partial charge in [-0.05, 0) is 37.1 Å². The molecule has 1 aromatic carbocycles. The average molecular weight is 389 g/mol. The maximum absolute atomic E-state index is 12.1. The Morgan fingerprint density at radius 1 is 1.12 bits per heavy atom. The molecule has 0 saturated heterocycles. The number of carbonyl (C=O) groups excluding carboxylic acids is 1. The standard InChI is InChI=1S/C15H23N3O5S2/c1-17(2)25(22,23)14-8-4-12(5-9-14)15(19)16-10-11-18(13-6-7-13)24(3,20)21/h4-5,8-9,13H,6-7,10-11H2,1-3H3,(H,16,19). The molecule has 0 bridgehead atoms. The maximum Gasteiger partial charge on any atom is 0.251 e. The molecule has 1 amide bonds. The first-order valence-corrected chi connectivity index (χ1v) is 11.1. The minimum Gasteiger partial charge on any atom is -0.351 e. The molecule has 0 aliphatic heterocycles. The zero-order chi connectivity index (χ0) is 18.8. The normalized spacial score (nSPS) is 15.6. The fourth-order valence-corrected chi connectivity index (χ4v) is 4.43. The number of hydrogen-bond donors (Lipinski definition) is 1. The van der Waals surface area contributed by atoms with Crippen molar-refractivity contribution in [2.45, 2.75) is 23.8 Å². The number of rotatable bonds is 8. The van der Waals surface area contributed by atoms with Crippen LogP contribution in [0, 0.1) is 0 Å². The van der Waals surface area contributed by atoms with Crippen LogP contribution >= 0.6 is 0 Å². The highest BCUT2D eigenvalue weighted by molar-refractivity contribution is 7.89. The number of benzene rings is 1. The topological polar surface area (TPSA) is 104 Å². The number of nitrogens with one attached hydrogen (secondary N) is 1. The van der Waals surface area contributed by atoms with Gasteiger partial charge in [-0.2, -0.15) is 4.31 Å². The number of carbonyl (C=O) groups is 1. The molecule has 1 saturated carbocycles. The van der Waals surface area contributed by atoms with Crippen LogP contribution in [0.4, 0.5) is 0 Å². The fourth-order valence-electron chi connectivity index (χ4n) is 2.35. The van der Waals surface area contributed by atoms with Crippen molar-refractivity contribution in [3.8, 4) is 0 Å². The molecule has 0 spiro atoms. The highest BCUT2D eigenvalue weighted by Crippen LogP contribution is 2.28. The predicted octanol–water partition coefficient (Wildman–Crippen LogP) is 0.0907. The molecule has 1 fully saturated rings. The summed E-state index contributed by atoms with van der Waals surface area (Å²) in [5.74, 6) is -0.377. The summed E-state index contributed by atoms with van der Waals surface area (Å²) in [7, 11) is -3.95. The van der Waals surface area contributed by atoms with Crippen molar-refractivity contribution in [3.63, 3.8) is 0 Å². The van der Waals surface area contributed by atoms with Gasteiger partial charge in [-0.3, -0.25) is 4.79 Å². The van der Waals surface area contributed by atoms with Crippen molar-refractivity contribution in [1.29, 1.82) is 0 Å². The molecule has 0 heterocycles. The second-order valence-corrected chi connectivity index (χ2v) is 10.3. The molecule has 0 atom stereocenters. The van der Waals surface area contributed by atoms with Gasteiger partial charge in [-0.1, -0.05) is 0 Å². The fraction of sp³-hybridized carbons (Fsp3) is 0.533. The molecular formula is C15H23N3O5S2. The molecular weight excluding hydrogens is 366 g/mol. The Bertz CT molecular complexity index is 828. The van der Waals surface area contributed by atoms with Crippen molar-refractivity contribution < 1.29 is 21.6 Å². The number of nitrogens with zero attached hydrogens (tertiary/aromatic N) is 2. The van der Waals surface area contributed by atoms with E-state index in [1.807, 2.05) is 0 Å². The Labute approximate surface area is 148 Å². The highest BCUT2D eigenvalue weighted by Gasteiger charge is 2.34. The quantitative estimate of drug-likeness (QED) is 0.679. The minimum atomic E-state index is -3.54. The summed E-state index contributed by atoms with van der Waals surface area (Å²) >= 11 is 0. The summed E-state index contributed by atoms with van der Waals surface area (Å²) in [4.78, 5) is 12.2. The number of hydrogen-bond acceptors (Lipinski definition) is 5. The smallest absolute Gasteiger partial charge is 0.251 e. The first-order valence-electron chi connectivity index (χ1n) is 7.81. The van der Waals surface area contributed by atoms with E-state index in [9.17, 15) is 21.6 Å². The molecule has 140 valence electrons. The van der Waals surface area contributed by atoms with Crippen LogP contribution in [0.3, 0.4) is 0 Å². The first kappa shape index (κ1) is 19.8. The maximum atomic E-state index is 12.1. The molecule has 1 aliphatic rings. The van der Waals surface area contributed by atoms with Crippen LogP contribution < -0.4 is 5.32 Å². The van der Waals surface area contributed by atoms with Crippen molar-refractivity contribution >= 4 is 26.0 Å². The number of amides is 1. The summed E-state index contributed by atoms with van der Waals surface area (Å²) in [6.07, 6.45) is 2.86. The van der Waals surface area contributed by atoms with Crippen LogP contribution in [0.2, 0.25) is 0 Å². The molecule has 10 heteroatoms. The van der Waals surface area contributed by atoms with Gasteiger partial charge in [0, 0.05) is 38.8 Å². The van der Waals surface area contributed by atoms with Gasteiger partial charge in [0.1, 0.15) is 0 Å². The van der Waals surface area contributed by atoms with Crippen LogP contribution in [0.5, 0.6) is 0 Å². The summed E-state index contributed by atoms with van der Waals surface area (Å²) in [6, 6.07) is 5.65. The van der Waals surface area contributed by atoms with Gasteiger partial charge in [-0.25, -0.2) is 21.1 Å². The van der Waals surface area contributed by atoms with E-state index < -0.39 is 20.0 Å². The largest absolute Gasteiger partial charge is 0.351 e. The van der Waals surface area contributed by atoms with Crippen LogP contribution in [0.1, 0.15) is 23.2 Å². The number of sulfonamides is 2. The van der Waals surface area contributed by atoms with Gasteiger partial charge in [-0.15, -0.1) is 0 Å². The summed E-state index contributed by atoms with van der Waals surface area (Å²) < 4.78 is 49.9. The minimum absolute atomic E-state index is 0.0439. The van der Waals surface area contributed by atoms with Crippen LogP contribution in [0.15, 0.2) is 29.2 Å². The van der Waals surface area contributed by atoms with Gasteiger partial charge in [0.25, 0.3) is 5.91 Å². The monoisotopic (exact) mass is 389 g/mol. The molecule has 0 radical (unpaired) electrons. The molecule has 8 nitrogen and oxygen atoms in total. The molecule has 0 unspecified atom stereocenters. The van der Waals surface area contributed by atoms with Crippen molar-refractivity contribution in [2.75, 3.05) is 33.4 Å². The second kappa shape index (κ2) is 7.40. The van der Waals surface area contributed by atoms with Crippen molar-refractivity contribution in [2.24, 2.45) is 0 Å². The Kier molecular flexibility index (Phi) is 5.87. The molecule has 1 aliphatic carbocycles. The Hall–Kier alpha value is -1.49. The van der Waals surface area contributed by atoms with E-state index in [0.29, 0.717) is 5.56 Å².